The molecule has 1 aliphatic rings. The van der Waals surface area contributed by atoms with E-state index in [1.807, 2.05) is 41.3 Å². The maximum Gasteiger partial charge on any atom is 0.234 e. The van der Waals surface area contributed by atoms with Crippen LogP contribution in [0.2, 0.25) is 0 Å². The molecular formula is C14H13NO2S. The Bertz CT molecular complexity index is 524. The second-order valence-corrected chi connectivity index (χ2v) is 5.30. The Hall–Kier alpha value is -1.68. The molecule has 1 amide bonds. The number of thioether (sulfide) groups is 1. The second kappa shape index (κ2) is 4.90. The molecule has 0 saturated carbocycles. The van der Waals surface area contributed by atoms with Crippen LogP contribution in [-0.4, -0.2) is 16.6 Å². The number of carbonyl (C=O) groups is 1. The Balaban J connectivity index is 1.82. The SMILES string of the molecule is O=C1CSC(c2ccoc2)N1Cc1ccccc1. The quantitative estimate of drug-likeness (QED) is 0.849. The molecular weight excluding hydrogens is 246 g/mol. The molecule has 0 bridgehead atoms. The van der Waals surface area contributed by atoms with Gasteiger partial charge in [0, 0.05) is 12.1 Å². The zero-order valence-corrected chi connectivity index (χ0v) is 10.6. The Kier molecular flexibility index (Phi) is 3.11. The minimum Gasteiger partial charge on any atom is -0.472 e. The predicted octanol–water partition coefficient (Wildman–Crippen LogP) is 3.05. The number of rotatable bonds is 3. The van der Waals surface area contributed by atoms with Gasteiger partial charge in [-0.1, -0.05) is 30.3 Å². The monoisotopic (exact) mass is 259 g/mol. The third-order valence-corrected chi connectivity index (χ3v) is 4.25. The van der Waals surface area contributed by atoms with Crippen molar-refractivity contribution in [3.8, 4) is 0 Å². The van der Waals surface area contributed by atoms with Gasteiger partial charge >= 0.3 is 0 Å². The third-order valence-electron chi connectivity index (χ3n) is 2.99. The normalized spacial score (nSPS) is 19.4. The van der Waals surface area contributed by atoms with Gasteiger partial charge in [0.25, 0.3) is 0 Å². The fourth-order valence-electron chi connectivity index (χ4n) is 2.10. The van der Waals surface area contributed by atoms with E-state index in [1.54, 1.807) is 24.3 Å². The summed E-state index contributed by atoms with van der Waals surface area (Å²) < 4.78 is 5.11. The maximum atomic E-state index is 12.0. The van der Waals surface area contributed by atoms with Crippen molar-refractivity contribution in [3.05, 3.63) is 60.1 Å². The van der Waals surface area contributed by atoms with E-state index in [1.165, 1.54) is 0 Å². The van der Waals surface area contributed by atoms with Crippen LogP contribution in [0.3, 0.4) is 0 Å². The number of benzene rings is 1. The lowest BCUT2D eigenvalue weighted by Crippen LogP contribution is -2.27. The van der Waals surface area contributed by atoms with E-state index < -0.39 is 0 Å². The van der Waals surface area contributed by atoms with Crippen molar-refractivity contribution < 1.29 is 9.21 Å². The molecule has 1 aromatic heterocycles. The average Bonchev–Trinajstić information content (AvgIpc) is 3.02. The minimum atomic E-state index is 0.0801. The molecule has 2 heterocycles. The molecule has 92 valence electrons. The zero-order chi connectivity index (χ0) is 12.4. The molecule has 0 spiro atoms. The molecule has 4 heteroatoms. The molecule has 0 N–H and O–H groups in total. The van der Waals surface area contributed by atoms with Gasteiger partial charge in [0.15, 0.2) is 0 Å². The van der Waals surface area contributed by atoms with Crippen molar-refractivity contribution in [2.24, 2.45) is 0 Å². The van der Waals surface area contributed by atoms with Crippen LogP contribution in [0.15, 0.2) is 53.3 Å². The molecule has 1 aliphatic heterocycles. The van der Waals surface area contributed by atoms with Crippen LogP contribution in [0.25, 0.3) is 0 Å². The second-order valence-electron chi connectivity index (χ2n) is 4.23. The Labute approximate surface area is 110 Å². The number of hydrogen-bond donors (Lipinski definition) is 0. The smallest absolute Gasteiger partial charge is 0.234 e. The standard InChI is InChI=1S/C14H13NO2S/c16-13-10-18-14(12-6-7-17-9-12)15(13)8-11-4-2-1-3-5-11/h1-7,9,14H,8,10H2. The van der Waals surface area contributed by atoms with E-state index in [2.05, 4.69) is 0 Å². The summed E-state index contributed by atoms with van der Waals surface area (Å²) in [6.45, 7) is 0.655. The summed E-state index contributed by atoms with van der Waals surface area (Å²) in [5.41, 5.74) is 2.21. The molecule has 0 aliphatic carbocycles. The van der Waals surface area contributed by atoms with Gasteiger partial charge in [-0.15, -0.1) is 11.8 Å². The van der Waals surface area contributed by atoms with Crippen LogP contribution >= 0.6 is 11.8 Å². The van der Waals surface area contributed by atoms with Crippen LogP contribution in [0, 0.1) is 0 Å². The number of carbonyl (C=O) groups excluding carboxylic acids is 1. The van der Waals surface area contributed by atoms with E-state index in [0.717, 1.165) is 11.1 Å². The molecule has 2 aromatic rings. The van der Waals surface area contributed by atoms with Crippen molar-refractivity contribution in [1.82, 2.24) is 4.90 Å². The first kappa shape index (κ1) is 11.4. The van der Waals surface area contributed by atoms with Gasteiger partial charge in [-0.3, -0.25) is 4.79 Å². The van der Waals surface area contributed by atoms with E-state index in [4.69, 9.17) is 4.42 Å². The lowest BCUT2D eigenvalue weighted by molar-refractivity contribution is -0.128. The van der Waals surface area contributed by atoms with Gasteiger partial charge in [-0.2, -0.15) is 0 Å². The van der Waals surface area contributed by atoms with Crippen LogP contribution in [0.1, 0.15) is 16.5 Å². The lowest BCUT2D eigenvalue weighted by atomic mass is 10.2. The fourth-order valence-corrected chi connectivity index (χ4v) is 3.26. The fraction of sp³-hybridized carbons (Fsp3) is 0.214. The Morgan fingerprint density at radius 1 is 1.28 bits per heavy atom. The lowest BCUT2D eigenvalue weighted by Gasteiger charge is -2.23. The highest BCUT2D eigenvalue weighted by Gasteiger charge is 2.33. The van der Waals surface area contributed by atoms with Crippen LogP contribution in [0.5, 0.6) is 0 Å². The summed E-state index contributed by atoms with van der Waals surface area (Å²) in [4.78, 5) is 13.9. The Morgan fingerprint density at radius 3 is 2.83 bits per heavy atom. The van der Waals surface area contributed by atoms with Gasteiger partial charge in [-0.05, 0) is 11.6 Å². The maximum absolute atomic E-state index is 12.0. The van der Waals surface area contributed by atoms with Gasteiger partial charge in [0.2, 0.25) is 5.91 Å². The summed E-state index contributed by atoms with van der Waals surface area (Å²) in [6.07, 6.45) is 3.37. The largest absolute Gasteiger partial charge is 0.472 e. The number of nitrogens with zero attached hydrogens (tertiary/aromatic N) is 1. The van der Waals surface area contributed by atoms with Gasteiger partial charge in [0.05, 0.1) is 18.3 Å². The molecule has 0 radical (unpaired) electrons. The van der Waals surface area contributed by atoms with E-state index >= 15 is 0 Å². The third kappa shape index (κ3) is 2.16. The van der Waals surface area contributed by atoms with Crippen molar-refractivity contribution in [1.29, 1.82) is 0 Å². The van der Waals surface area contributed by atoms with Crippen molar-refractivity contribution in [3.63, 3.8) is 0 Å². The Morgan fingerprint density at radius 2 is 2.11 bits per heavy atom. The van der Waals surface area contributed by atoms with E-state index in [-0.39, 0.29) is 11.3 Å². The first-order valence-electron chi connectivity index (χ1n) is 5.82. The molecule has 1 saturated heterocycles. The molecule has 1 unspecified atom stereocenters. The first-order valence-corrected chi connectivity index (χ1v) is 6.86. The number of furan rings is 1. The molecule has 1 fully saturated rings. The van der Waals surface area contributed by atoms with Gasteiger partial charge in [0.1, 0.15) is 5.37 Å². The number of hydrogen-bond acceptors (Lipinski definition) is 3. The van der Waals surface area contributed by atoms with Gasteiger partial charge in [-0.25, -0.2) is 0 Å². The molecule has 1 aromatic carbocycles. The van der Waals surface area contributed by atoms with Crippen LogP contribution < -0.4 is 0 Å². The predicted molar refractivity (Wildman–Crippen MR) is 70.9 cm³/mol. The zero-order valence-electron chi connectivity index (χ0n) is 9.78. The van der Waals surface area contributed by atoms with Crippen LogP contribution in [0.4, 0.5) is 0 Å². The summed E-state index contributed by atoms with van der Waals surface area (Å²) >= 11 is 1.65. The molecule has 1 atom stereocenters. The summed E-state index contributed by atoms with van der Waals surface area (Å²) in [5.74, 6) is 0.734. The highest BCUT2D eigenvalue weighted by Crippen LogP contribution is 2.39. The minimum absolute atomic E-state index is 0.0801. The highest BCUT2D eigenvalue weighted by atomic mass is 32.2. The molecule has 3 rings (SSSR count). The summed E-state index contributed by atoms with van der Waals surface area (Å²) in [7, 11) is 0. The number of amides is 1. The van der Waals surface area contributed by atoms with E-state index in [9.17, 15) is 4.79 Å². The van der Waals surface area contributed by atoms with Crippen LogP contribution in [-0.2, 0) is 11.3 Å². The van der Waals surface area contributed by atoms with Crippen molar-refractivity contribution in [2.45, 2.75) is 11.9 Å². The summed E-state index contributed by atoms with van der Waals surface area (Å²) in [6, 6.07) is 12.0. The highest BCUT2D eigenvalue weighted by molar-refractivity contribution is 8.00. The average molecular weight is 259 g/mol. The molecule has 18 heavy (non-hydrogen) atoms. The molecule has 3 nitrogen and oxygen atoms in total. The van der Waals surface area contributed by atoms with Crippen molar-refractivity contribution in [2.75, 3.05) is 5.75 Å². The van der Waals surface area contributed by atoms with E-state index in [0.29, 0.717) is 12.3 Å². The van der Waals surface area contributed by atoms with Gasteiger partial charge < -0.3 is 9.32 Å². The van der Waals surface area contributed by atoms with Crippen molar-refractivity contribution >= 4 is 17.7 Å². The first-order chi connectivity index (χ1) is 8.84. The topological polar surface area (TPSA) is 33.5 Å². The summed E-state index contributed by atoms with van der Waals surface area (Å²) in [5, 5.41) is 0.0801.